The van der Waals surface area contributed by atoms with E-state index in [1.54, 1.807) is 6.08 Å². The van der Waals surface area contributed by atoms with Crippen LogP contribution in [0.5, 0.6) is 5.75 Å². The zero-order chi connectivity index (χ0) is 11.8. The Labute approximate surface area is 97.6 Å². The molecule has 0 radical (unpaired) electrons. The molecule has 0 heterocycles. The summed E-state index contributed by atoms with van der Waals surface area (Å²) < 4.78 is 5.54. The Morgan fingerprint density at radius 3 is 2.62 bits per heavy atom. The van der Waals surface area contributed by atoms with Crippen molar-refractivity contribution in [2.45, 2.75) is 32.3 Å². The normalized spacial score (nSPS) is 12.1. The van der Waals surface area contributed by atoms with Gasteiger partial charge in [0.2, 0.25) is 0 Å². The van der Waals surface area contributed by atoms with E-state index in [-0.39, 0.29) is 0 Å². The summed E-state index contributed by atoms with van der Waals surface area (Å²) in [6.45, 7) is 6.50. The van der Waals surface area contributed by atoms with Gasteiger partial charge in [-0.1, -0.05) is 31.6 Å². The maximum Gasteiger partial charge on any atom is 0.119 e. The predicted octanol–water partition coefficient (Wildman–Crippen LogP) is 3.48. The SMILES string of the molecule is C=CC[C@H](O)c1ccc(OCCCC)cc1. The van der Waals surface area contributed by atoms with Crippen molar-refractivity contribution in [3.63, 3.8) is 0 Å². The highest BCUT2D eigenvalue weighted by atomic mass is 16.5. The van der Waals surface area contributed by atoms with E-state index in [0.717, 1.165) is 30.8 Å². The first-order valence-corrected chi connectivity index (χ1v) is 5.79. The van der Waals surface area contributed by atoms with Crippen LogP contribution in [0.25, 0.3) is 0 Å². The van der Waals surface area contributed by atoms with Gasteiger partial charge in [-0.25, -0.2) is 0 Å². The molecule has 0 unspecified atom stereocenters. The summed E-state index contributed by atoms with van der Waals surface area (Å²) in [7, 11) is 0. The maximum atomic E-state index is 9.71. The average molecular weight is 220 g/mol. The van der Waals surface area contributed by atoms with Gasteiger partial charge in [-0.3, -0.25) is 0 Å². The summed E-state index contributed by atoms with van der Waals surface area (Å²) in [4.78, 5) is 0. The van der Waals surface area contributed by atoms with Crippen LogP contribution in [-0.4, -0.2) is 11.7 Å². The summed E-state index contributed by atoms with van der Waals surface area (Å²) in [6, 6.07) is 7.60. The van der Waals surface area contributed by atoms with E-state index in [0.29, 0.717) is 6.42 Å². The third kappa shape index (κ3) is 4.07. The lowest BCUT2D eigenvalue weighted by atomic mass is 10.1. The molecule has 0 aliphatic carbocycles. The van der Waals surface area contributed by atoms with Crippen LogP contribution in [-0.2, 0) is 0 Å². The number of rotatable bonds is 7. The monoisotopic (exact) mass is 220 g/mol. The minimum atomic E-state index is -0.456. The zero-order valence-electron chi connectivity index (χ0n) is 9.86. The van der Waals surface area contributed by atoms with Crippen LogP contribution in [0, 0.1) is 0 Å². The molecule has 2 nitrogen and oxygen atoms in total. The van der Waals surface area contributed by atoms with Gasteiger partial charge in [-0.2, -0.15) is 0 Å². The lowest BCUT2D eigenvalue weighted by molar-refractivity contribution is 0.181. The fourth-order valence-corrected chi connectivity index (χ4v) is 1.41. The average Bonchev–Trinajstić information content (AvgIpc) is 2.30. The molecule has 0 saturated heterocycles. The van der Waals surface area contributed by atoms with Gasteiger partial charge in [-0.15, -0.1) is 6.58 Å². The van der Waals surface area contributed by atoms with Crippen LogP contribution in [0.15, 0.2) is 36.9 Å². The van der Waals surface area contributed by atoms with E-state index in [1.807, 2.05) is 24.3 Å². The predicted molar refractivity (Wildman–Crippen MR) is 66.6 cm³/mol. The molecule has 0 bridgehead atoms. The number of hydrogen-bond donors (Lipinski definition) is 1. The first kappa shape index (κ1) is 12.8. The third-order valence-electron chi connectivity index (χ3n) is 2.42. The topological polar surface area (TPSA) is 29.5 Å². The Morgan fingerprint density at radius 1 is 1.38 bits per heavy atom. The smallest absolute Gasteiger partial charge is 0.119 e. The quantitative estimate of drug-likeness (QED) is 0.563. The molecule has 16 heavy (non-hydrogen) atoms. The first-order valence-electron chi connectivity index (χ1n) is 5.79. The van der Waals surface area contributed by atoms with Crippen LogP contribution in [0.4, 0.5) is 0 Å². The van der Waals surface area contributed by atoms with E-state index in [9.17, 15) is 5.11 Å². The summed E-state index contributed by atoms with van der Waals surface area (Å²) in [5.41, 5.74) is 0.905. The molecule has 0 spiro atoms. The summed E-state index contributed by atoms with van der Waals surface area (Å²) in [6.07, 6.45) is 4.05. The van der Waals surface area contributed by atoms with Crippen LogP contribution in [0.3, 0.4) is 0 Å². The largest absolute Gasteiger partial charge is 0.494 e. The van der Waals surface area contributed by atoms with Gasteiger partial charge < -0.3 is 9.84 Å². The lowest BCUT2D eigenvalue weighted by Crippen LogP contribution is -1.98. The van der Waals surface area contributed by atoms with Gasteiger partial charge in [0.05, 0.1) is 12.7 Å². The molecule has 0 aliphatic heterocycles. The molecule has 1 N–H and O–H groups in total. The second-order valence-electron chi connectivity index (χ2n) is 3.81. The molecule has 1 rings (SSSR count). The van der Waals surface area contributed by atoms with Crippen molar-refractivity contribution in [3.8, 4) is 5.75 Å². The Bertz CT molecular complexity index is 303. The Balaban J connectivity index is 2.50. The number of aliphatic hydroxyl groups is 1. The number of benzene rings is 1. The van der Waals surface area contributed by atoms with E-state index in [2.05, 4.69) is 13.5 Å². The zero-order valence-corrected chi connectivity index (χ0v) is 9.86. The van der Waals surface area contributed by atoms with Gasteiger partial charge in [0, 0.05) is 0 Å². The minimum Gasteiger partial charge on any atom is -0.494 e. The molecular weight excluding hydrogens is 200 g/mol. The van der Waals surface area contributed by atoms with Gasteiger partial charge in [-0.05, 0) is 30.5 Å². The second-order valence-corrected chi connectivity index (χ2v) is 3.81. The van der Waals surface area contributed by atoms with Gasteiger partial charge in [0.1, 0.15) is 5.75 Å². The van der Waals surface area contributed by atoms with Crippen molar-refractivity contribution in [3.05, 3.63) is 42.5 Å². The molecule has 0 amide bonds. The Morgan fingerprint density at radius 2 is 2.06 bits per heavy atom. The highest BCUT2D eigenvalue weighted by Gasteiger charge is 2.04. The standard InChI is InChI=1S/C14H20O2/c1-3-5-11-16-13-9-7-12(8-10-13)14(15)6-4-2/h4,7-10,14-15H,2-3,5-6,11H2,1H3/t14-/m0/s1. The summed E-state index contributed by atoms with van der Waals surface area (Å²) >= 11 is 0. The highest BCUT2D eigenvalue weighted by Crippen LogP contribution is 2.20. The van der Waals surface area contributed by atoms with Gasteiger partial charge >= 0.3 is 0 Å². The molecule has 1 atom stereocenters. The number of ether oxygens (including phenoxy) is 1. The Hall–Kier alpha value is -1.28. The lowest BCUT2D eigenvalue weighted by Gasteiger charge is -2.10. The van der Waals surface area contributed by atoms with Crippen molar-refractivity contribution < 1.29 is 9.84 Å². The number of unbranched alkanes of at least 4 members (excludes halogenated alkanes) is 1. The molecule has 1 aromatic rings. The molecule has 2 heteroatoms. The maximum absolute atomic E-state index is 9.71. The van der Waals surface area contributed by atoms with Crippen molar-refractivity contribution in [1.82, 2.24) is 0 Å². The molecule has 88 valence electrons. The van der Waals surface area contributed by atoms with Crippen molar-refractivity contribution in [2.75, 3.05) is 6.61 Å². The van der Waals surface area contributed by atoms with Crippen LogP contribution >= 0.6 is 0 Å². The molecule has 0 aliphatic rings. The van der Waals surface area contributed by atoms with Crippen LogP contribution in [0.2, 0.25) is 0 Å². The van der Waals surface area contributed by atoms with Gasteiger partial charge in [0.25, 0.3) is 0 Å². The van der Waals surface area contributed by atoms with Crippen molar-refractivity contribution in [1.29, 1.82) is 0 Å². The summed E-state index contributed by atoms with van der Waals surface area (Å²) in [5, 5.41) is 9.71. The van der Waals surface area contributed by atoms with Crippen molar-refractivity contribution in [2.24, 2.45) is 0 Å². The van der Waals surface area contributed by atoms with Crippen molar-refractivity contribution >= 4 is 0 Å². The summed E-state index contributed by atoms with van der Waals surface area (Å²) in [5.74, 6) is 0.864. The third-order valence-corrected chi connectivity index (χ3v) is 2.42. The first-order chi connectivity index (χ1) is 7.77. The number of aliphatic hydroxyl groups excluding tert-OH is 1. The Kier molecular flexibility index (Phi) is 5.65. The van der Waals surface area contributed by atoms with Crippen LogP contribution < -0.4 is 4.74 Å². The van der Waals surface area contributed by atoms with Gasteiger partial charge in [0.15, 0.2) is 0 Å². The fraction of sp³-hybridized carbons (Fsp3) is 0.429. The fourth-order valence-electron chi connectivity index (χ4n) is 1.41. The molecule has 0 saturated carbocycles. The molecular formula is C14H20O2. The molecule has 1 aromatic carbocycles. The minimum absolute atomic E-state index is 0.456. The number of hydrogen-bond acceptors (Lipinski definition) is 2. The molecule has 0 aromatic heterocycles. The van der Waals surface area contributed by atoms with E-state index >= 15 is 0 Å². The molecule has 0 fully saturated rings. The second kappa shape index (κ2) is 7.07. The van der Waals surface area contributed by atoms with E-state index in [1.165, 1.54) is 0 Å². The highest BCUT2D eigenvalue weighted by molar-refractivity contribution is 5.28. The van der Waals surface area contributed by atoms with E-state index < -0.39 is 6.10 Å². The van der Waals surface area contributed by atoms with E-state index in [4.69, 9.17) is 4.74 Å². The van der Waals surface area contributed by atoms with Crippen LogP contribution in [0.1, 0.15) is 37.9 Å².